The summed E-state index contributed by atoms with van der Waals surface area (Å²) in [5.74, 6) is 0.227. The Morgan fingerprint density at radius 2 is 2.17 bits per heavy atom. The SMILES string of the molecule is CC[C@H](O)C(=O)N1CCC(c2[nH]ncc2-c2cccc(C)c2)CC1. The number of amides is 1. The maximum absolute atomic E-state index is 12.1. The van der Waals surface area contributed by atoms with E-state index >= 15 is 0 Å². The largest absolute Gasteiger partial charge is 0.383 e. The predicted octanol–water partition coefficient (Wildman–Crippen LogP) is 2.86. The minimum atomic E-state index is -0.864. The number of H-pyrrole nitrogens is 1. The van der Waals surface area contributed by atoms with Crippen LogP contribution in [0.2, 0.25) is 0 Å². The molecule has 0 bridgehead atoms. The molecule has 0 spiro atoms. The molecule has 1 aromatic heterocycles. The van der Waals surface area contributed by atoms with Crippen molar-refractivity contribution in [1.29, 1.82) is 0 Å². The number of rotatable bonds is 4. The third-order valence-electron chi connectivity index (χ3n) is 4.88. The van der Waals surface area contributed by atoms with Gasteiger partial charge in [0.15, 0.2) is 0 Å². The molecule has 128 valence electrons. The van der Waals surface area contributed by atoms with Crippen molar-refractivity contribution >= 4 is 5.91 Å². The number of aromatic amines is 1. The summed E-state index contributed by atoms with van der Waals surface area (Å²) in [6.07, 6.45) is 3.28. The second-order valence-corrected chi connectivity index (χ2v) is 6.59. The van der Waals surface area contributed by atoms with Gasteiger partial charge in [0.2, 0.25) is 0 Å². The van der Waals surface area contributed by atoms with Crippen LogP contribution in [0.3, 0.4) is 0 Å². The lowest BCUT2D eigenvalue weighted by Crippen LogP contribution is -2.43. The van der Waals surface area contributed by atoms with Crippen LogP contribution in [-0.4, -0.2) is 45.3 Å². The van der Waals surface area contributed by atoms with Crippen molar-refractivity contribution < 1.29 is 9.90 Å². The summed E-state index contributed by atoms with van der Waals surface area (Å²) in [4.78, 5) is 13.9. The Labute approximate surface area is 142 Å². The van der Waals surface area contributed by atoms with Gasteiger partial charge in [-0.25, -0.2) is 0 Å². The maximum Gasteiger partial charge on any atom is 0.251 e. The van der Waals surface area contributed by atoms with Crippen LogP contribution >= 0.6 is 0 Å². The van der Waals surface area contributed by atoms with Crippen molar-refractivity contribution in [2.45, 2.75) is 45.1 Å². The van der Waals surface area contributed by atoms with Crippen LogP contribution in [0.15, 0.2) is 30.5 Å². The molecule has 2 N–H and O–H groups in total. The van der Waals surface area contributed by atoms with E-state index in [4.69, 9.17) is 0 Å². The fourth-order valence-electron chi connectivity index (χ4n) is 3.42. The highest BCUT2D eigenvalue weighted by Crippen LogP contribution is 2.34. The minimum absolute atomic E-state index is 0.139. The number of nitrogens with one attached hydrogen (secondary N) is 1. The predicted molar refractivity (Wildman–Crippen MR) is 93.6 cm³/mol. The summed E-state index contributed by atoms with van der Waals surface area (Å²) >= 11 is 0. The van der Waals surface area contributed by atoms with E-state index in [1.165, 1.54) is 11.1 Å². The Morgan fingerprint density at radius 3 is 2.83 bits per heavy atom. The standard InChI is InChI=1S/C19H25N3O2/c1-3-17(23)19(24)22-9-7-14(8-10-22)18-16(12-20-21-18)15-6-4-5-13(2)11-15/h4-6,11-12,14,17,23H,3,7-10H2,1-2H3,(H,20,21)/t17-/m0/s1. The normalized spacial score (nSPS) is 17.0. The lowest BCUT2D eigenvalue weighted by molar-refractivity contribution is -0.141. The Kier molecular flexibility index (Phi) is 5.00. The number of hydrogen-bond acceptors (Lipinski definition) is 3. The fraction of sp³-hybridized carbons (Fsp3) is 0.474. The first-order valence-electron chi connectivity index (χ1n) is 8.67. The zero-order valence-corrected chi connectivity index (χ0v) is 14.3. The molecule has 1 aromatic carbocycles. The lowest BCUT2D eigenvalue weighted by atomic mass is 9.89. The molecular weight excluding hydrogens is 302 g/mol. The molecule has 2 heterocycles. The first-order chi connectivity index (χ1) is 11.6. The highest BCUT2D eigenvalue weighted by molar-refractivity contribution is 5.80. The molecule has 1 atom stereocenters. The molecule has 0 saturated carbocycles. The number of carbonyl (C=O) groups is 1. The van der Waals surface area contributed by atoms with Gasteiger partial charge in [0.1, 0.15) is 6.10 Å². The summed E-state index contributed by atoms with van der Waals surface area (Å²) in [6, 6.07) is 8.43. The van der Waals surface area contributed by atoms with E-state index in [-0.39, 0.29) is 5.91 Å². The van der Waals surface area contributed by atoms with Gasteiger partial charge in [-0.1, -0.05) is 36.8 Å². The lowest BCUT2D eigenvalue weighted by Gasteiger charge is -2.33. The number of piperidine rings is 1. The van der Waals surface area contributed by atoms with Crippen LogP contribution in [0, 0.1) is 6.92 Å². The Hall–Kier alpha value is -2.14. The van der Waals surface area contributed by atoms with Crippen molar-refractivity contribution in [3.05, 3.63) is 41.7 Å². The smallest absolute Gasteiger partial charge is 0.251 e. The van der Waals surface area contributed by atoms with Gasteiger partial charge in [0.25, 0.3) is 5.91 Å². The van der Waals surface area contributed by atoms with Gasteiger partial charge in [0, 0.05) is 30.3 Å². The second kappa shape index (κ2) is 7.18. The molecule has 24 heavy (non-hydrogen) atoms. The zero-order valence-electron chi connectivity index (χ0n) is 14.3. The molecular formula is C19H25N3O2. The van der Waals surface area contributed by atoms with E-state index in [9.17, 15) is 9.90 Å². The molecule has 1 saturated heterocycles. The van der Waals surface area contributed by atoms with Crippen molar-refractivity contribution in [2.75, 3.05) is 13.1 Å². The Bertz CT molecular complexity index is 702. The zero-order chi connectivity index (χ0) is 17.1. The molecule has 3 rings (SSSR count). The van der Waals surface area contributed by atoms with Gasteiger partial charge in [-0.2, -0.15) is 5.10 Å². The molecule has 1 amide bonds. The summed E-state index contributed by atoms with van der Waals surface area (Å²) in [5, 5.41) is 17.2. The fourth-order valence-corrected chi connectivity index (χ4v) is 3.42. The van der Waals surface area contributed by atoms with Gasteiger partial charge in [-0.15, -0.1) is 0 Å². The highest BCUT2D eigenvalue weighted by Gasteiger charge is 2.28. The molecule has 0 aliphatic carbocycles. The molecule has 0 unspecified atom stereocenters. The van der Waals surface area contributed by atoms with Crippen molar-refractivity contribution in [3.63, 3.8) is 0 Å². The molecule has 5 nitrogen and oxygen atoms in total. The number of aliphatic hydroxyl groups is 1. The van der Waals surface area contributed by atoms with Crippen LogP contribution in [0.5, 0.6) is 0 Å². The van der Waals surface area contributed by atoms with Gasteiger partial charge in [0.05, 0.1) is 6.20 Å². The van der Waals surface area contributed by atoms with Crippen molar-refractivity contribution in [3.8, 4) is 11.1 Å². The van der Waals surface area contributed by atoms with Gasteiger partial charge < -0.3 is 10.0 Å². The van der Waals surface area contributed by atoms with E-state index in [0.717, 1.165) is 24.1 Å². The first kappa shape index (κ1) is 16.7. The van der Waals surface area contributed by atoms with Gasteiger partial charge in [-0.3, -0.25) is 9.89 Å². The third-order valence-corrected chi connectivity index (χ3v) is 4.88. The molecule has 2 aromatic rings. The molecule has 0 radical (unpaired) electrons. The highest BCUT2D eigenvalue weighted by atomic mass is 16.3. The minimum Gasteiger partial charge on any atom is -0.383 e. The Balaban J connectivity index is 1.72. The van der Waals surface area contributed by atoms with E-state index in [0.29, 0.717) is 25.4 Å². The van der Waals surface area contributed by atoms with E-state index in [1.54, 1.807) is 4.90 Å². The van der Waals surface area contributed by atoms with Crippen LogP contribution in [0.25, 0.3) is 11.1 Å². The number of carbonyl (C=O) groups excluding carboxylic acids is 1. The topological polar surface area (TPSA) is 69.2 Å². The van der Waals surface area contributed by atoms with Crippen molar-refractivity contribution in [2.24, 2.45) is 0 Å². The quantitative estimate of drug-likeness (QED) is 0.907. The average molecular weight is 327 g/mol. The van der Waals surface area contributed by atoms with E-state index in [1.807, 2.05) is 13.1 Å². The number of likely N-dealkylation sites (tertiary alicyclic amines) is 1. The second-order valence-electron chi connectivity index (χ2n) is 6.59. The number of aliphatic hydroxyl groups excluding tert-OH is 1. The third kappa shape index (κ3) is 3.36. The van der Waals surface area contributed by atoms with Crippen LogP contribution < -0.4 is 0 Å². The summed E-state index contributed by atoms with van der Waals surface area (Å²) in [6.45, 7) is 5.29. The number of aromatic nitrogens is 2. The number of aryl methyl sites for hydroxylation is 1. The molecule has 1 aliphatic heterocycles. The van der Waals surface area contributed by atoms with Crippen LogP contribution in [0.1, 0.15) is 43.4 Å². The number of nitrogens with zero attached hydrogens (tertiary/aromatic N) is 2. The van der Waals surface area contributed by atoms with Crippen molar-refractivity contribution in [1.82, 2.24) is 15.1 Å². The number of benzene rings is 1. The maximum atomic E-state index is 12.1. The number of hydrogen-bond donors (Lipinski definition) is 2. The summed E-state index contributed by atoms with van der Waals surface area (Å²) < 4.78 is 0. The first-order valence-corrected chi connectivity index (χ1v) is 8.67. The van der Waals surface area contributed by atoms with Crippen LogP contribution in [0.4, 0.5) is 0 Å². The molecule has 1 fully saturated rings. The average Bonchev–Trinajstić information content (AvgIpc) is 3.10. The molecule has 5 heteroatoms. The van der Waals surface area contributed by atoms with E-state index in [2.05, 4.69) is 41.4 Å². The van der Waals surface area contributed by atoms with E-state index < -0.39 is 6.10 Å². The molecule has 1 aliphatic rings. The van der Waals surface area contributed by atoms with Crippen LogP contribution in [-0.2, 0) is 4.79 Å². The van der Waals surface area contributed by atoms with Gasteiger partial charge in [-0.05, 0) is 31.7 Å². The van der Waals surface area contributed by atoms with Gasteiger partial charge >= 0.3 is 0 Å². The Morgan fingerprint density at radius 1 is 1.42 bits per heavy atom. The summed E-state index contributed by atoms with van der Waals surface area (Å²) in [7, 11) is 0. The monoisotopic (exact) mass is 327 g/mol. The summed E-state index contributed by atoms with van der Waals surface area (Å²) in [5.41, 5.74) is 4.72.